The van der Waals surface area contributed by atoms with Gasteiger partial charge in [0.25, 0.3) is 11.5 Å². The highest BCUT2D eigenvalue weighted by atomic mass is 35.5. The molecule has 0 radical (unpaired) electrons. The van der Waals surface area contributed by atoms with Crippen molar-refractivity contribution in [3.05, 3.63) is 15.6 Å². The average Bonchev–Trinajstić information content (AvgIpc) is 2.68. The molecule has 0 saturated heterocycles. The molecule has 0 saturated carbocycles. The Labute approximate surface area is 116 Å². The van der Waals surface area contributed by atoms with E-state index in [2.05, 4.69) is 18.8 Å². The van der Waals surface area contributed by atoms with Crippen LogP contribution in [-0.2, 0) is 4.79 Å². The predicted octanol–water partition coefficient (Wildman–Crippen LogP) is 3.63. The SMILES string of the molecule is Cc1nc(C(C)C)sc1C(C)N(C)C(=O)C(F)Cl. The number of thiazole rings is 1. The summed E-state index contributed by atoms with van der Waals surface area (Å²) in [6.07, 6.45) is 0. The zero-order valence-electron chi connectivity index (χ0n) is 11.2. The lowest BCUT2D eigenvalue weighted by atomic mass is 10.2. The van der Waals surface area contributed by atoms with Crippen LogP contribution in [-0.4, -0.2) is 28.5 Å². The van der Waals surface area contributed by atoms with Crippen molar-refractivity contribution in [2.24, 2.45) is 0 Å². The zero-order chi connectivity index (χ0) is 14.0. The second-order valence-corrected chi connectivity index (χ2v) is 6.03. The molecule has 0 spiro atoms. The summed E-state index contributed by atoms with van der Waals surface area (Å²) < 4.78 is 12.8. The van der Waals surface area contributed by atoms with Crippen LogP contribution in [0.2, 0.25) is 0 Å². The van der Waals surface area contributed by atoms with Gasteiger partial charge in [0, 0.05) is 17.8 Å². The van der Waals surface area contributed by atoms with E-state index in [-0.39, 0.29) is 6.04 Å². The molecule has 2 unspecified atom stereocenters. The first-order valence-corrected chi connectivity index (χ1v) is 7.03. The van der Waals surface area contributed by atoms with Crippen LogP contribution in [0.4, 0.5) is 4.39 Å². The molecule has 2 atom stereocenters. The Hall–Kier alpha value is -0.680. The van der Waals surface area contributed by atoms with Crippen molar-refractivity contribution in [2.45, 2.75) is 45.3 Å². The number of halogens is 2. The number of aryl methyl sites for hydroxylation is 1. The number of rotatable bonds is 4. The number of nitrogens with zero attached hydrogens (tertiary/aromatic N) is 2. The standard InChI is InChI=1S/C12H18ClFN2OS/c1-6(2)11-15-7(3)9(18-11)8(4)16(5)12(17)10(13)14/h6,8,10H,1-5H3. The van der Waals surface area contributed by atoms with E-state index in [1.165, 1.54) is 4.90 Å². The van der Waals surface area contributed by atoms with Crippen molar-refractivity contribution in [2.75, 3.05) is 7.05 Å². The van der Waals surface area contributed by atoms with E-state index in [4.69, 9.17) is 11.6 Å². The Morgan fingerprint density at radius 2 is 2.00 bits per heavy atom. The number of hydrogen-bond acceptors (Lipinski definition) is 3. The molecule has 1 heterocycles. The van der Waals surface area contributed by atoms with E-state index >= 15 is 0 Å². The van der Waals surface area contributed by atoms with Crippen LogP contribution >= 0.6 is 22.9 Å². The number of carbonyl (C=O) groups excluding carboxylic acids is 1. The number of aromatic nitrogens is 1. The van der Waals surface area contributed by atoms with Gasteiger partial charge in [-0.3, -0.25) is 4.79 Å². The molecular weight excluding hydrogens is 275 g/mol. The van der Waals surface area contributed by atoms with Gasteiger partial charge in [0.2, 0.25) is 0 Å². The lowest BCUT2D eigenvalue weighted by Gasteiger charge is -2.24. The number of hydrogen-bond donors (Lipinski definition) is 0. The van der Waals surface area contributed by atoms with E-state index < -0.39 is 11.5 Å². The molecule has 18 heavy (non-hydrogen) atoms. The van der Waals surface area contributed by atoms with Gasteiger partial charge < -0.3 is 4.90 Å². The number of alkyl halides is 2. The van der Waals surface area contributed by atoms with Gasteiger partial charge in [-0.1, -0.05) is 25.4 Å². The molecule has 1 aromatic rings. The fourth-order valence-electron chi connectivity index (χ4n) is 1.58. The van der Waals surface area contributed by atoms with Crippen LogP contribution in [0, 0.1) is 6.92 Å². The van der Waals surface area contributed by atoms with Crippen molar-refractivity contribution in [1.29, 1.82) is 0 Å². The summed E-state index contributed by atoms with van der Waals surface area (Å²) in [5.74, 6) is -0.374. The minimum absolute atomic E-state index is 0.223. The molecule has 0 bridgehead atoms. The Bertz CT molecular complexity index is 434. The third kappa shape index (κ3) is 3.20. The third-order valence-electron chi connectivity index (χ3n) is 2.84. The van der Waals surface area contributed by atoms with Gasteiger partial charge in [-0.05, 0) is 13.8 Å². The maximum Gasteiger partial charge on any atom is 0.272 e. The van der Waals surface area contributed by atoms with Crippen molar-refractivity contribution in [1.82, 2.24) is 9.88 Å². The smallest absolute Gasteiger partial charge is 0.272 e. The fraction of sp³-hybridized carbons (Fsp3) is 0.667. The summed E-state index contributed by atoms with van der Waals surface area (Å²) in [5, 5.41) is 1.03. The Morgan fingerprint density at radius 3 is 2.39 bits per heavy atom. The normalized spacial score (nSPS) is 14.7. The van der Waals surface area contributed by atoms with E-state index in [9.17, 15) is 9.18 Å². The lowest BCUT2D eigenvalue weighted by molar-refractivity contribution is -0.134. The van der Waals surface area contributed by atoms with Gasteiger partial charge in [0.1, 0.15) is 0 Å². The first kappa shape index (κ1) is 15.4. The quantitative estimate of drug-likeness (QED) is 0.794. The van der Waals surface area contributed by atoms with Crippen LogP contribution in [0.25, 0.3) is 0 Å². The first-order chi connectivity index (χ1) is 8.25. The molecule has 3 nitrogen and oxygen atoms in total. The largest absolute Gasteiger partial charge is 0.334 e. The Balaban J connectivity index is 2.96. The molecule has 102 valence electrons. The Morgan fingerprint density at radius 1 is 1.44 bits per heavy atom. The molecule has 1 aromatic heterocycles. The lowest BCUT2D eigenvalue weighted by Crippen LogP contribution is -2.33. The van der Waals surface area contributed by atoms with Crippen molar-refractivity contribution < 1.29 is 9.18 Å². The van der Waals surface area contributed by atoms with Crippen LogP contribution in [0.15, 0.2) is 0 Å². The van der Waals surface area contributed by atoms with E-state index in [1.54, 1.807) is 18.4 Å². The second-order valence-electron chi connectivity index (χ2n) is 4.58. The molecule has 0 aliphatic carbocycles. The second kappa shape index (κ2) is 5.97. The van der Waals surface area contributed by atoms with Gasteiger partial charge in [-0.15, -0.1) is 11.3 Å². The van der Waals surface area contributed by atoms with Gasteiger partial charge in [-0.2, -0.15) is 0 Å². The van der Waals surface area contributed by atoms with Crippen molar-refractivity contribution >= 4 is 28.8 Å². The van der Waals surface area contributed by atoms with Crippen LogP contribution in [0.1, 0.15) is 48.3 Å². The molecule has 6 heteroatoms. The molecule has 1 amide bonds. The van der Waals surface area contributed by atoms with Gasteiger partial charge >= 0.3 is 0 Å². The van der Waals surface area contributed by atoms with E-state index in [0.29, 0.717) is 5.92 Å². The van der Waals surface area contributed by atoms with Crippen molar-refractivity contribution in [3.63, 3.8) is 0 Å². The molecular formula is C12H18ClFN2OS. The minimum atomic E-state index is -1.99. The summed E-state index contributed by atoms with van der Waals surface area (Å²) in [6.45, 7) is 7.89. The van der Waals surface area contributed by atoms with E-state index in [1.807, 2.05) is 13.8 Å². The fourth-order valence-corrected chi connectivity index (χ4v) is 2.90. The molecule has 0 fully saturated rings. The van der Waals surface area contributed by atoms with Crippen molar-refractivity contribution in [3.8, 4) is 0 Å². The maximum atomic E-state index is 12.8. The average molecular weight is 293 g/mol. The summed E-state index contributed by atoms with van der Waals surface area (Å²) in [5.41, 5.74) is -1.10. The zero-order valence-corrected chi connectivity index (χ0v) is 12.8. The number of carbonyl (C=O) groups is 1. The highest BCUT2D eigenvalue weighted by molar-refractivity contribution is 7.11. The van der Waals surface area contributed by atoms with Crippen LogP contribution in [0.3, 0.4) is 0 Å². The molecule has 0 N–H and O–H groups in total. The minimum Gasteiger partial charge on any atom is -0.334 e. The molecule has 1 rings (SSSR count). The number of amides is 1. The third-order valence-corrected chi connectivity index (χ3v) is 4.65. The van der Waals surface area contributed by atoms with Crippen LogP contribution < -0.4 is 0 Å². The molecule has 0 aliphatic heterocycles. The molecule has 0 aliphatic rings. The monoisotopic (exact) mass is 292 g/mol. The van der Waals surface area contributed by atoms with Gasteiger partial charge in [-0.25, -0.2) is 9.37 Å². The van der Waals surface area contributed by atoms with Crippen LogP contribution in [0.5, 0.6) is 0 Å². The molecule has 0 aromatic carbocycles. The van der Waals surface area contributed by atoms with Gasteiger partial charge in [0.05, 0.1) is 16.7 Å². The predicted molar refractivity (Wildman–Crippen MR) is 72.9 cm³/mol. The summed E-state index contributed by atoms with van der Waals surface area (Å²) in [6, 6.07) is -0.223. The van der Waals surface area contributed by atoms with Gasteiger partial charge in [0.15, 0.2) is 0 Å². The summed E-state index contributed by atoms with van der Waals surface area (Å²) in [7, 11) is 1.55. The maximum absolute atomic E-state index is 12.8. The first-order valence-electron chi connectivity index (χ1n) is 5.77. The highest BCUT2D eigenvalue weighted by Gasteiger charge is 2.26. The van der Waals surface area contributed by atoms with E-state index in [0.717, 1.165) is 15.6 Å². The Kier molecular flexibility index (Phi) is 5.10. The summed E-state index contributed by atoms with van der Waals surface area (Å²) >= 11 is 6.74. The topological polar surface area (TPSA) is 33.2 Å². The summed E-state index contributed by atoms with van der Waals surface area (Å²) in [4.78, 5) is 18.3. The highest BCUT2D eigenvalue weighted by Crippen LogP contribution is 2.32.